The van der Waals surface area contributed by atoms with Crippen LogP contribution in [0.4, 0.5) is 0 Å². The van der Waals surface area contributed by atoms with Gasteiger partial charge in [0.25, 0.3) is 0 Å². The van der Waals surface area contributed by atoms with E-state index in [0.717, 1.165) is 18.8 Å². The van der Waals surface area contributed by atoms with Gasteiger partial charge in [-0.2, -0.15) is 0 Å². The summed E-state index contributed by atoms with van der Waals surface area (Å²) < 4.78 is 6.44. The minimum absolute atomic E-state index is 0.256. The molecule has 0 amide bonds. The maximum Gasteiger partial charge on any atom is 0.243 e. The van der Waals surface area contributed by atoms with Crippen molar-refractivity contribution in [1.82, 2.24) is 0 Å². The predicted molar refractivity (Wildman–Crippen MR) is 178 cm³/mol. The zero-order valence-corrected chi connectivity index (χ0v) is 27.1. The normalized spacial score (nSPS) is 12.6. The summed E-state index contributed by atoms with van der Waals surface area (Å²) in [5.74, 6) is 2.50. The van der Waals surface area contributed by atoms with Crippen LogP contribution in [0.1, 0.15) is 138 Å². The molecule has 214 valence electrons. The summed E-state index contributed by atoms with van der Waals surface area (Å²) in [5, 5.41) is 0. The molecule has 0 spiro atoms. The first-order chi connectivity index (χ1) is 19.0. The van der Waals surface area contributed by atoms with Gasteiger partial charge in [0, 0.05) is 0 Å². The van der Waals surface area contributed by atoms with E-state index >= 15 is 0 Å². The van der Waals surface area contributed by atoms with Crippen molar-refractivity contribution in [3.63, 3.8) is 0 Å². The minimum atomic E-state index is 0.256. The summed E-state index contributed by atoms with van der Waals surface area (Å²) in [5.41, 5.74) is 15.7. The van der Waals surface area contributed by atoms with Crippen LogP contribution in [0.25, 0.3) is 11.1 Å². The predicted octanol–water partition coefficient (Wildman–Crippen LogP) is 9.22. The Morgan fingerprint density at radius 3 is 1.70 bits per heavy atom. The largest absolute Gasteiger partial charge is 0.493 e. The topological polar surface area (TPSA) is 9.23 Å². The van der Waals surface area contributed by atoms with Gasteiger partial charge in [0.1, 0.15) is 5.75 Å². The number of benzene rings is 3. The molecule has 1 aliphatic rings. The average molecular weight is 537 g/mol. The smallest absolute Gasteiger partial charge is 0.243 e. The number of hydrogen-bond donors (Lipinski definition) is 0. The molecule has 0 aliphatic carbocycles. The van der Waals surface area contributed by atoms with Gasteiger partial charge in [-0.15, -0.1) is 0 Å². The molecule has 4 rings (SSSR count). The molecule has 0 saturated carbocycles. The summed E-state index contributed by atoms with van der Waals surface area (Å²) in [6.45, 7) is 24.2. The molecule has 3 aromatic rings. The van der Waals surface area contributed by atoms with Gasteiger partial charge in [-0.3, -0.25) is 0 Å². The van der Waals surface area contributed by atoms with Crippen molar-refractivity contribution in [2.75, 3.05) is 6.61 Å². The van der Waals surface area contributed by atoms with Gasteiger partial charge in [-0.1, -0.05) is 127 Å². The molecule has 0 atom stereocenters. The molecule has 40 heavy (non-hydrogen) atoms. The van der Waals surface area contributed by atoms with Gasteiger partial charge in [0.2, 0.25) is 6.71 Å². The van der Waals surface area contributed by atoms with Gasteiger partial charge in [-0.05, 0) is 95.5 Å². The fourth-order valence-corrected chi connectivity index (χ4v) is 6.54. The van der Waals surface area contributed by atoms with Gasteiger partial charge < -0.3 is 4.74 Å². The van der Waals surface area contributed by atoms with E-state index in [9.17, 15) is 0 Å². The first kappa shape index (κ1) is 30.5. The Bertz CT molecular complexity index is 1300. The van der Waals surface area contributed by atoms with Crippen molar-refractivity contribution < 1.29 is 4.74 Å². The van der Waals surface area contributed by atoms with Gasteiger partial charge >= 0.3 is 0 Å². The molecule has 0 aromatic heterocycles. The minimum Gasteiger partial charge on any atom is -0.493 e. The molecule has 0 radical (unpaired) electrons. The second-order valence-electron chi connectivity index (χ2n) is 13.4. The Kier molecular flexibility index (Phi) is 9.91. The number of unbranched alkanes of at least 4 members (excludes halogenated alkanes) is 5. The van der Waals surface area contributed by atoms with Crippen molar-refractivity contribution in [2.24, 2.45) is 0 Å². The van der Waals surface area contributed by atoms with E-state index in [1.54, 1.807) is 0 Å². The molecule has 0 N–H and O–H groups in total. The van der Waals surface area contributed by atoms with Gasteiger partial charge in [0.15, 0.2) is 0 Å². The maximum atomic E-state index is 6.44. The second-order valence-corrected chi connectivity index (χ2v) is 13.4. The Morgan fingerprint density at radius 2 is 1.12 bits per heavy atom. The molecule has 1 nitrogen and oxygen atoms in total. The molecule has 1 heterocycles. The van der Waals surface area contributed by atoms with E-state index in [4.69, 9.17) is 4.74 Å². The first-order valence-corrected chi connectivity index (χ1v) is 16.1. The van der Waals surface area contributed by atoms with Crippen molar-refractivity contribution in [1.29, 1.82) is 0 Å². The highest BCUT2D eigenvalue weighted by atomic mass is 16.5. The molecule has 0 bridgehead atoms. The van der Waals surface area contributed by atoms with Crippen LogP contribution < -0.4 is 21.1 Å². The number of ether oxygens (including phenoxy) is 1. The lowest BCUT2D eigenvalue weighted by Crippen LogP contribution is -2.52. The van der Waals surface area contributed by atoms with Crippen molar-refractivity contribution in [3.05, 3.63) is 69.8 Å². The standard InChI is InChI=1S/C38H53BO/c1-11-12-13-14-15-16-17-40-37-23-34-33-18-27(8)28(9)19-35(33)39(36(34)20-29(37)10)38-31(25(4)5)21-30(24(2)3)22-32(38)26(6)7/h18-26H,11-17H2,1-10H3. The zero-order valence-electron chi connectivity index (χ0n) is 27.1. The number of aryl methyl sites for hydroxylation is 3. The lowest BCUT2D eigenvalue weighted by atomic mass is 9.36. The quantitative estimate of drug-likeness (QED) is 0.130. The van der Waals surface area contributed by atoms with Crippen LogP contribution in [0.3, 0.4) is 0 Å². The first-order valence-electron chi connectivity index (χ1n) is 16.1. The van der Waals surface area contributed by atoms with E-state index in [2.05, 4.69) is 106 Å². The van der Waals surface area contributed by atoms with Crippen LogP contribution in [0.15, 0.2) is 36.4 Å². The molecule has 0 saturated heterocycles. The van der Waals surface area contributed by atoms with Crippen LogP contribution in [-0.2, 0) is 0 Å². The third kappa shape index (κ3) is 6.22. The summed E-state index contributed by atoms with van der Waals surface area (Å²) >= 11 is 0. The Hall–Kier alpha value is -2.48. The third-order valence-corrected chi connectivity index (χ3v) is 9.15. The van der Waals surface area contributed by atoms with Crippen molar-refractivity contribution in [3.8, 4) is 16.9 Å². The van der Waals surface area contributed by atoms with Crippen LogP contribution in [0, 0.1) is 20.8 Å². The Morgan fingerprint density at radius 1 is 0.600 bits per heavy atom. The lowest BCUT2D eigenvalue weighted by Gasteiger charge is -2.27. The molecule has 3 aromatic carbocycles. The summed E-state index contributed by atoms with van der Waals surface area (Å²) in [6, 6.07) is 14.8. The zero-order chi connectivity index (χ0) is 29.1. The molecular formula is C38H53BO. The van der Waals surface area contributed by atoms with E-state index < -0.39 is 0 Å². The van der Waals surface area contributed by atoms with Crippen LogP contribution in [0.5, 0.6) is 5.75 Å². The summed E-state index contributed by atoms with van der Waals surface area (Å²) in [6.07, 6.45) is 7.71. The van der Waals surface area contributed by atoms with E-state index in [0.29, 0.717) is 17.8 Å². The SMILES string of the molecule is CCCCCCCCOc1cc2c(cc1C)B(c1c(C(C)C)cc(C(C)C)cc1C(C)C)c1cc(C)c(C)cc1-2. The highest BCUT2D eigenvalue weighted by Gasteiger charge is 2.38. The summed E-state index contributed by atoms with van der Waals surface area (Å²) in [7, 11) is 0. The van der Waals surface area contributed by atoms with Gasteiger partial charge in [-0.25, -0.2) is 0 Å². The van der Waals surface area contributed by atoms with Crippen molar-refractivity contribution >= 4 is 23.1 Å². The fraction of sp³-hybridized carbons (Fsp3) is 0.526. The van der Waals surface area contributed by atoms with Crippen LogP contribution in [0.2, 0.25) is 0 Å². The Labute approximate surface area is 246 Å². The highest BCUT2D eigenvalue weighted by Crippen LogP contribution is 2.34. The Balaban J connectivity index is 1.83. The van der Waals surface area contributed by atoms with E-state index in [-0.39, 0.29) is 6.71 Å². The monoisotopic (exact) mass is 536 g/mol. The number of fused-ring (bicyclic) bond motifs is 3. The third-order valence-electron chi connectivity index (χ3n) is 9.15. The molecule has 0 unspecified atom stereocenters. The fourth-order valence-electron chi connectivity index (χ4n) is 6.54. The second kappa shape index (κ2) is 13.0. The highest BCUT2D eigenvalue weighted by molar-refractivity contribution is 6.99. The molecule has 0 fully saturated rings. The van der Waals surface area contributed by atoms with Crippen molar-refractivity contribution in [2.45, 2.75) is 126 Å². The molecule has 2 heteroatoms. The maximum absolute atomic E-state index is 6.44. The lowest BCUT2D eigenvalue weighted by molar-refractivity contribution is 0.302. The van der Waals surface area contributed by atoms with Crippen LogP contribution in [-0.4, -0.2) is 13.3 Å². The average Bonchev–Trinajstić information content (AvgIpc) is 3.18. The van der Waals surface area contributed by atoms with Crippen LogP contribution >= 0.6 is 0 Å². The van der Waals surface area contributed by atoms with E-state index in [1.807, 2.05) is 0 Å². The summed E-state index contributed by atoms with van der Waals surface area (Å²) in [4.78, 5) is 0. The molecule has 1 aliphatic heterocycles. The van der Waals surface area contributed by atoms with E-state index in [1.165, 1.54) is 93.0 Å². The number of rotatable bonds is 12. The van der Waals surface area contributed by atoms with Gasteiger partial charge in [0.05, 0.1) is 6.61 Å². The number of hydrogen-bond acceptors (Lipinski definition) is 1. The molecular weight excluding hydrogens is 483 g/mol.